The topological polar surface area (TPSA) is 74.8 Å². The van der Waals surface area contributed by atoms with Crippen LogP contribution in [-0.4, -0.2) is 38.2 Å². The summed E-state index contributed by atoms with van der Waals surface area (Å²) in [6, 6.07) is 9.28. The average molecular weight is 309 g/mol. The van der Waals surface area contributed by atoms with Crippen molar-refractivity contribution in [1.82, 2.24) is 19.7 Å². The van der Waals surface area contributed by atoms with Gasteiger partial charge in [0.1, 0.15) is 11.9 Å². The maximum atomic E-state index is 12.7. The van der Waals surface area contributed by atoms with Gasteiger partial charge in [-0.15, -0.1) is 10.2 Å². The summed E-state index contributed by atoms with van der Waals surface area (Å²) in [4.78, 5) is 14.6. The number of likely N-dealkylation sites (tertiary alicyclic amines) is 1. The molecule has 0 N–H and O–H groups in total. The number of rotatable bonds is 3. The van der Waals surface area contributed by atoms with E-state index >= 15 is 0 Å². The number of aromatic nitrogens is 3. The van der Waals surface area contributed by atoms with Crippen LogP contribution in [0.1, 0.15) is 37.7 Å². The molecule has 6 heteroatoms. The summed E-state index contributed by atoms with van der Waals surface area (Å²) >= 11 is 0. The van der Waals surface area contributed by atoms with Crippen LogP contribution in [0.2, 0.25) is 0 Å². The Morgan fingerprint density at radius 3 is 2.78 bits per heavy atom. The van der Waals surface area contributed by atoms with Crippen LogP contribution in [0.4, 0.5) is 0 Å². The number of aryl methyl sites for hydroxylation is 1. The van der Waals surface area contributed by atoms with Crippen LogP contribution < -0.4 is 0 Å². The minimum absolute atomic E-state index is 0.112. The molecule has 6 nitrogen and oxygen atoms in total. The molecule has 1 atom stereocenters. The van der Waals surface area contributed by atoms with E-state index in [1.165, 1.54) is 0 Å². The van der Waals surface area contributed by atoms with Crippen LogP contribution in [0.5, 0.6) is 0 Å². The molecule has 0 aliphatic carbocycles. The predicted molar refractivity (Wildman–Crippen MR) is 85.4 cm³/mol. The Balaban J connectivity index is 2.03. The number of carbonyl (C=O) groups excluding carboxylic acids is 1. The van der Waals surface area contributed by atoms with Gasteiger partial charge >= 0.3 is 0 Å². The van der Waals surface area contributed by atoms with E-state index in [-0.39, 0.29) is 18.0 Å². The third-order valence-corrected chi connectivity index (χ3v) is 4.26. The summed E-state index contributed by atoms with van der Waals surface area (Å²) in [6.45, 7) is 6.65. The molecule has 2 heterocycles. The molecule has 1 aliphatic heterocycles. The second-order valence-corrected chi connectivity index (χ2v) is 6.06. The van der Waals surface area contributed by atoms with Crippen LogP contribution >= 0.6 is 0 Å². The molecule has 1 aromatic heterocycles. The zero-order valence-corrected chi connectivity index (χ0v) is 13.5. The quantitative estimate of drug-likeness (QED) is 0.872. The monoisotopic (exact) mass is 309 g/mol. The first-order valence-electron chi connectivity index (χ1n) is 7.75. The van der Waals surface area contributed by atoms with Gasteiger partial charge in [-0.25, -0.2) is 0 Å². The van der Waals surface area contributed by atoms with Gasteiger partial charge in [0, 0.05) is 18.2 Å². The number of hydrogen-bond acceptors (Lipinski definition) is 4. The molecule has 1 saturated heterocycles. The molecule has 1 amide bonds. The lowest BCUT2D eigenvalue weighted by molar-refractivity contribution is -0.131. The molecule has 2 aromatic rings. The minimum atomic E-state index is -0.270. The highest BCUT2D eigenvalue weighted by Gasteiger charge is 2.36. The van der Waals surface area contributed by atoms with Crippen molar-refractivity contribution in [2.24, 2.45) is 0 Å². The Hall–Kier alpha value is -2.68. The van der Waals surface area contributed by atoms with Crippen molar-refractivity contribution in [3.8, 4) is 17.5 Å². The number of benzene rings is 1. The molecule has 0 spiro atoms. The fourth-order valence-electron chi connectivity index (χ4n) is 3.11. The van der Waals surface area contributed by atoms with Crippen molar-refractivity contribution < 1.29 is 4.79 Å². The van der Waals surface area contributed by atoms with Gasteiger partial charge in [-0.1, -0.05) is 12.1 Å². The first-order chi connectivity index (χ1) is 11.0. The Labute approximate surface area is 135 Å². The molecule has 23 heavy (non-hydrogen) atoms. The first-order valence-corrected chi connectivity index (χ1v) is 7.75. The van der Waals surface area contributed by atoms with Gasteiger partial charge in [0.15, 0.2) is 5.82 Å². The molecule has 118 valence electrons. The highest BCUT2D eigenvalue weighted by atomic mass is 16.2. The third kappa shape index (κ3) is 2.59. The fourth-order valence-corrected chi connectivity index (χ4v) is 3.11. The zero-order valence-electron chi connectivity index (χ0n) is 13.5. The van der Waals surface area contributed by atoms with E-state index < -0.39 is 0 Å². The van der Waals surface area contributed by atoms with Crippen LogP contribution in [0, 0.1) is 18.3 Å². The van der Waals surface area contributed by atoms with Crippen molar-refractivity contribution in [3.63, 3.8) is 0 Å². The van der Waals surface area contributed by atoms with Crippen LogP contribution in [0.3, 0.4) is 0 Å². The van der Waals surface area contributed by atoms with E-state index in [1.807, 2.05) is 42.4 Å². The second-order valence-electron chi connectivity index (χ2n) is 6.06. The van der Waals surface area contributed by atoms with Crippen molar-refractivity contribution >= 4 is 5.91 Å². The molecular weight excluding hydrogens is 290 g/mol. The molecule has 1 fully saturated rings. The third-order valence-electron chi connectivity index (χ3n) is 4.26. The van der Waals surface area contributed by atoms with Gasteiger partial charge in [0.05, 0.1) is 11.6 Å². The zero-order chi connectivity index (χ0) is 16.6. The molecule has 0 unspecified atom stereocenters. The van der Waals surface area contributed by atoms with Crippen molar-refractivity contribution in [2.75, 3.05) is 6.54 Å². The maximum absolute atomic E-state index is 12.7. The number of hydrogen-bond donors (Lipinski definition) is 0. The van der Waals surface area contributed by atoms with E-state index in [2.05, 4.69) is 16.3 Å². The molecule has 3 rings (SSSR count). The van der Waals surface area contributed by atoms with E-state index in [0.29, 0.717) is 17.2 Å². The molecular formula is C17H19N5O. The highest BCUT2D eigenvalue weighted by molar-refractivity contribution is 5.83. The largest absolute Gasteiger partial charge is 0.338 e. The SMILES string of the molecule is Cc1nnc(-c2cccc(C#N)c2)n1[C@@H]1CCN(C(C)C)C1=O. The molecule has 0 bridgehead atoms. The summed E-state index contributed by atoms with van der Waals surface area (Å²) in [7, 11) is 0. The van der Waals surface area contributed by atoms with Crippen LogP contribution in [-0.2, 0) is 4.79 Å². The first kappa shape index (κ1) is 15.2. The Kier molecular flexibility index (Phi) is 3.87. The van der Waals surface area contributed by atoms with Gasteiger partial charge < -0.3 is 4.90 Å². The predicted octanol–water partition coefficient (Wildman–Crippen LogP) is 2.31. The highest BCUT2D eigenvalue weighted by Crippen LogP contribution is 2.30. The minimum Gasteiger partial charge on any atom is -0.338 e. The normalized spacial score (nSPS) is 17.8. The van der Waals surface area contributed by atoms with Gasteiger partial charge in [0.25, 0.3) is 0 Å². The van der Waals surface area contributed by atoms with Gasteiger partial charge in [-0.3, -0.25) is 9.36 Å². The summed E-state index contributed by atoms with van der Waals surface area (Å²) in [5.41, 5.74) is 1.37. The lowest BCUT2D eigenvalue weighted by atomic mass is 10.1. The van der Waals surface area contributed by atoms with E-state index in [9.17, 15) is 4.79 Å². The average Bonchev–Trinajstić information content (AvgIpc) is 3.10. The van der Waals surface area contributed by atoms with Gasteiger partial charge in [0.2, 0.25) is 5.91 Å². The number of carbonyl (C=O) groups is 1. The standard InChI is InChI=1S/C17H19N5O/c1-11(2)21-8-7-15(17(21)23)22-12(3)19-20-16(22)14-6-4-5-13(9-14)10-18/h4-6,9,11,15H,7-8H2,1-3H3/t15-/m1/s1. The smallest absolute Gasteiger partial charge is 0.246 e. The summed E-state index contributed by atoms with van der Waals surface area (Å²) in [6.07, 6.45) is 0.751. The molecule has 1 aromatic carbocycles. The summed E-state index contributed by atoms with van der Waals surface area (Å²) < 4.78 is 1.90. The van der Waals surface area contributed by atoms with Crippen LogP contribution in [0.15, 0.2) is 24.3 Å². The van der Waals surface area contributed by atoms with Crippen molar-refractivity contribution in [3.05, 3.63) is 35.7 Å². The summed E-state index contributed by atoms with van der Waals surface area (Å²) in [5.74, 6) is 1.47. The van der Waals surface area contributed by atoms with Gasteiger partial charge in [-0.2, -0.15) is 5.26 Å². The molecule has 0 radical (unpaired) electrons. The Morgan fingerprint density at radius 2 is 2.13 bits per heavy atom. The molecule has 0 saturated carbocycles. The van der Waals surface area contributed by atoms with E-state index in [0.717, 1.165) is 18.5 Å². The second kappa shape index (κ2) is 5.84. The number of amides is 1. The van der Waals surface area contributed by atoms with Gasteiger partial charge in [-0.05, 0) is 39.3 Å². The number of nitrogens with zero attached hydrogens (tertiary/aromatic N) is 5. The van der Waals surface area contributed by atoms with Crippen molar-refractivity contribution in [2.45, 2.75) is 39.3 Å². The van der Waals surface area contributed by atoms with E-state index in [1.54, 1.807) is 12.1 Å². The fraction of sp³-hybridized carbons (Fsp3) is 0.412. The summed E-state index contributed by atoms with van der Waals surface area (Å²) in [5, 5.41) is 17.5. The molecule has 1 aliphatic rings. The Morgan fingerprint density at radius 1 is 1.35 bits per heavy atom. The van der Waals surface area contributed by atoms with E-state index in [4.69, 9.17) is 5.26 Å². The maximum Gasteiger partial charge on any atom is 0.246 e. The Bertz CT molecular complexity index is 787. The lowest BCUT2D eigenvalue weighted by Gasteiger charge is -2.22. The van der Waals surface area contributed by atoms with Crippen LogP contribution in [0.25, 0.3) is 11.4 Å². The van der Waals surface area contributed by atoms with Crippen molar-refractivity contribution in [1.29, 1.82) is 5.26 Å². The number of nitriles is 1. The lowest BCUT2D eigenvalue weighted by Crippen LogP contribution is -2.34.